The summed E-state index contributed by atoms with van der Waals surface area (Å²) >= 11 is 0. The van der Waals surface area contributed by atoms with Crippen LogP contribution >= 0.6 is 0 Å². The molecule has 1 saturated heterocycles. The maximum atomic E-state index is 12.0. The Morgan fingerprint density at radius 2 is 1.87 bits per heavy atom. The maximum absolute atomic E-state index is 12.0. The van der Waals surface area contributed by atoms with E-state index < -0.39 is 0 Å². The molecule has 1 aliphatic heterocycles. The van der Waals surface area contributed by atoms with Gasteiger partial charge in [-0.25, -0.2) is 0 Å². The van der Waals surface area contributed by atoms with Crippen LogP contribution in [0.3, 0.4) is 0 Å². The molecule has 2 fully saturated rings. The van der Waals surface area contributed by atoms with Crippen LogP contribution in [0, 0.1) is 0 Å². The highest BCUT2D eigenvalue weighted by Crippen LogP contribution is 2.30. The lowest BCUT2D eigenvalue weighted by Crippen LogP contribution is -2.50. The molecule has 0 radical (unpaired) electrons. The van der Waals surface area contributed by atoms with Gasteiger partial charge in [-0.3, -0.25) is 4.79 Å². The number of nitrogens with one attached hydrogen (secondary N) is 1. The third-order valence-electron chi connectivity index (χ3n) is 3.57. The molecule has 2 rings (SSSR count). The van der Waals surface area contributed by atoms with Crippen LogP contribution in [-0.4, -0.2) is 42.5 Å². The second kappa shape index (κ2) is 4.49. The summed E-state index contributed by atoms with van der Waals surface area (Å²) in [7, 11) is 0. The van der Waals surface area contributed by atoms with Crippen molar-refractivity contribution in [2.24, 2.45) is 5.73 Å². The second-order valence-corrected chi connectivity index (χ2v) is 4.88. The summed E-state index contributed by atoms with van der Waals surface area (Å²) in [5.74, 6) is 0.251. The molecule has 0 aromatic carbocycles. The Kier molecular flexibility index (Phi) is 3.26. The van der Waals surface area contributed by atoms with Crippen molar-refractivity contribution in [1.29, 1.82) is 0 Å². The lowest BCUT2D eigenvalue weighted by Gasteiger charge is -2.31. The summed E-state index contributed by atoms with van der Waals surface area (Å²) in [6.07, 6.45) is 4.96. The molecule has 2 aliphatic rings. The SMILES string of the molecule is NC1(CC(=O)N2CCNCC2)CCCC1. The van der Waals surface area contributed by atoms with Crippen LogP contribution in [0.1, 0.15) is 32.1 Å². The predicted octanol–water partition coefficient (Wildman–Crippen LogP) is 0.0798. The van der Waals surface area contributed by atoms with Crippen LogP contribution in [0.2, 0.25) is 0 Å². The van der Waals surface area contributed by atoms with E-state index in [0.717, 1.165) is 39.0 Å². The van der Waals surface area contributed by atoms with Gasteiger partial charge in [0.05, 0.1) is 0 Å². The highest BCUT2D eigenvalue weighted by atomic mass is 16.2. The van der Waals surface area contributed by atoms with Gasteiger partial charge in [-0.15, -0.1) is 0 Å². The van der Waals surface area contributed by atoms with Crippen LogP contribution in [0.15, 0.2) is 0 Å². The van der Waals surface area contributed by atoms with Crippen LogP contribution in [0.5, 0.6) is 0 Å². The zero-order valence-electron chi connectivity index (χ0n) is 9.30. The monoisotopic (exact) mass is 211 g/mol. The minimum absolute atomic E-state index is 0.193. The number of amides is 1. The third-order valence-corrected chi connectivity index (χ3v) is 3.57. The fourth-order valence-electron chi connectivity index (χ4n) is 2.58. The maximum Gasteiger partial charge on any atom is 0.224 e. The van der Waals surface area contributed by atoms with E-state index >= 15 is 0 Å². The van der Waals surface area contributed by atoms with Crippen LogP contribution in [0.25, 0.3) is 0 Å². The van der Waals surface area contributed by atoms with E-state index in [4.69, 9.17) is 5.73 Å². The number of rotatable bonds is 2. The first-order valence-corrected chi connectivity index (χ1v) is 5.97. The van der Waals surface area contributed by atoms with E-state index in [-0.39, 0.29) is 11.4 Å². The first-order chi connectivity index (χ1) is 7.20. The van der Waals surface area contributed by atoms with Gasteiger partial charge in [0.1, 0.15) is 0 Å². The van der Waals surface area contributed by atoms with Crippen molar-refractivity contribution in [3.8, 4) is 0 Å². The zero-order valence-corrected chi connectivity index (χ0v) is 9.30. The van der Waals surface area contributed by atoms with Gasteiger partial charge < -0.3 is 16.0 Å². The molecule has 0 aromatic heterocycles. The Labute approximate surface area is 91.2 Å². The Morgan fingerprint density at radius 3 is 2.47 bits per heavy atom. The molecule has 1 heterocycles. The molecule has 86 valence electrons. The summed E-state index contributed by atoms with van der Waals surface area (Å²) in [6.45, 7) is 3.52. The Balaban J connectivity index is 1.85. The van der Waals surface area contributed by atoms with Gasteiger partial charge in [0, 0.05) is 38.1 Å². The molecule has 1 aliphatic carbocycles. The summed E-state index contributed by atoms with van der Waals surface area (Å²) < 4.78 is 0. The fraction of sp³-hybridized carbons (Fsp3) is 0.909. The smallest absolute Gasteiger partial charge is 0.224 e. The van der Waals surface area contributed by atoms with Gasteiger partial charge in [0.2, 0.25) is 5.91 Å². The van der Waals surface area contributed by atoms with Gasteiger partial charge >= 0.3 is 0 Å². The molecule has 0 bridgehead atoms. The minimum Gasteiger partial charge on any atom is -0.340 e. The molecule has 0 atom stereocenters. The van der Waals surface area contributed by atoms with Gasteiger partial charge in [-0.2, -0.15) is 0 Å². The molecule has 4 nitrogen and oxygen atoms in total. The minimum atomic E-state index is -0.193. The van der Waals surface area contributed by atoms with Crippen molar-refractivity contribution in [2.45, 2.75) is 37.6 Å². The second-order valence-electron chi connectivity index (χ2n) is 4.88. The van der Waals surface area contributed by atoms with Gasteiger partial charge in [-0.1, -0.05) is 12.8 Å². The summed E-state index contributed by atoms with van der Waals surface area (Å²) in [6, 6.07) is 0. The number of piperazine rings is 1. The molecule has 4 heteroatoms. The number of hydrogen-bond acceptors (Lipinski definition) is 3. The first-order valence-electron chi connectivity index (χ1n) is 5.97. The zero-order chi connectivity index (χ0) is 10.7. The van der Waals surface area contributed by atoms with Crippen molar-refractivity contribution in [1.82, 2.24) is 10.2 Å². The van der Waals surface area contributed by atoms with Gasteiger partial charge in [-0.05, 0) is 12.8 Å². The Morgan fingerprint density at radius 1 is 1.27 bits per heavy atom. The fourth-order valence-corrected chi connectivity index (χ4v) is 2.58. The molecule has 1 saturated carbocycles. The molecule has 15 heavy (non-hydrogen) atoms. The summed E-state index contributed by atoms with van der Waals surface area (Å²) in [5, 5.41) is 3.25. The topological polar surface area (TPSA) is 58.4 Å². The van der Waals surface area contributed by atoms with E-state index in [1.165, 1.54) is 12.8 Å². The number of carbonyl (C=O) groups excluding carboxylic acids is 1. The number of nitrogens with two attached hydrogens (primary N) is 1. The van der Waals surface area contributed by atoms with E-state index in [9.17, 15) is 4.79 Å². The first kappa shape index (κ1) is 10.9. The van der Waals surface area contributed by atoms with Crippen LogP contribution in [0.4, 0.5) is 0 Å². The number of nitrogens with zero attached hydrogens (tertiary/aromatic N) is 1. The highest BCUT2D eigenvalue weighted by molar-refractivity contribution is 5.77. The molecular formula is C11H21N3O. The van der Waals surface area contributed by atoms with Crippen LogP contribution < -0.4 is 11.1 Å². The van der Waals surface area contributed by atoms with Gasteiger partial charge in [0.25, 0.3) is 0 Å². The molecule has 0 spiro atoms. The summed E-state index contributed by atoms with van der Waals surface area (Å²) in [5.41, 5.74) is 6.01. The molecule has 0 unspecified atom stereocenters. The van der Waals surface area contributed by atoms with E-state index in [2.05, 4.69) is 5.32 Å². The van der Waals surface area contributed by atoms with Gasteiger partial charge in [0.15, 0.2) is 0 Å². The Hall–Kier alpha value is -0.610. The van der Waals surface area contributed by atoms with E-state index in [0.29, 0.717) is 6.42 Å². The third kappa shape index (κ3) is 2.69. The predicted molar refractivity (Wildman–Crippen MR) is 59.5 cm³/mol. The molecule has 0 aromatic rings. The normalized spacial score (nSPS) is 25.5. The van der Waals surface area contributed by atoms with E-state index in [1.807, 2.05) is 4.90 Å². The Bertz CT molecular complexity index is 230. The molecule has 3 N–H and O–H groups in total. The number of hydrogen-bond donors (Lipinski definition) is 2. The van der Waals surface area contributed by atoms with Crippen molar-refractivity contribution in [3.63, 3.8) is 0 Å². The lowest BCUT2D eigenvalue weighted by atomic mass is 9.94. The van der Waals surface area contributed by atoms with Crippen molar-refractivity contribution in [3.05, 3.63) is 0 Å². The quantitative estimate of drug-likeness (QED) is 0.680. The number of carbonyl (C=O) groups is 1. The molecular weight excluding hydrogens is 190 g/mol. The van der Waals surface area contributed by atoms with Crippen molar-refractivity contribution in [2.75, 3.05) is 26.2 Å². The summed E-state index contributed by atoms with van der Waals surface area (Å²) in [4.78, 5) is 13.9. The lowest BCUT2D eigenvalue weighted by molar-refractivity contribution is -0.133. The average molecular weight is 211 g/mol. The van der Waals surface area contributed by atoms with E-state index in [1.54, 1.807) is 0 Å². The average Bonchev–Trinajstić information content (AvgIpc) is 2.66. The molecule has 1 amide bonds. The van der Waals surface area contributed by atoms with Crippen LogP contribution in [-0.2, 0) is 4.79 Å². The largest absolute Gasteiger partial charge is 0.340 e. The van der Waals surface area contributed by atoms with Crippen molar-refractivity contribution < 1.29 is 4.79 Å². The van der Waals surface area contributed by atoms with Crippen molar-refractivity contribution >= 4 is 5.91 Å². The highest BCUT2D eigenvalue weighted by Gasteiger charge is 2.33. The standard InChI is InChI=1S/C11H21N3O/c12-11(3-1-2-4-11)9-10(15)14-7-5-13-6-8-14/h13H,1-9,12H2.